The number of halogens is 5. The van der Waals surface area contributed by atoms with Gasteiger partial charge in [-0.1, -0.05) is 29.8 Å². The van der Waals surface area contributed by atoms with Crippen molar-refractivity contribution in [3.63, 3.8) is 0 Å². The van der Waals surface area contributed by atoms with Crippen molar-refractivity contribution in [2.75, 3.05) is 17.4 Å². The predicted molar refractivity (Wildman–Crippen MR) is 157 cm³/mol. The van der Waals surface area contributed by atoms with E-state index in [9.17, 15) is 28.1 Å². The first-order valence-corrected chi connectivity index (χ1v) is 13.6. The van der Waals surface area contributed by atoms with E-state index in [0.29, 0.717) is 6.67 Å². The number of anilines is 1. The molecule has 1 heterocycles. The molecule has 3 aromatic carbocycles. The minimum absolute atomic E-state index is 0.0111. The van der Waals surface area contributed by atoms with Crippen molar-refractivity contribution in [2.45, 2.75) is 33.6 Å². The van der Waals surface area contributed by atoms with Crippen LogP contribution in [0.15, 0.2) is 73.1 Å². The van der Waals surface area contributed by atoms with Crippen molar-refractivity contribution in [2.24, 2.45) is 0 Å². The number of amides is 1. The minimum Gasteiger partial charge on any atom is -0.487 e. The van der Waals surface area contributed by atoms with Crippen LogP contribution in [0.2, 0.25) is 5.02 Å². The Kier molecular flexibility index (Phi) is 11.4. The molecular weight excluding hydrogens is 612 g/mol. The average Bonchev–Trinajstić information content (AvgIpc) is 3.46. The number of ether oxygens (including phenoxy) is 2. The molecule has 228 valence electrons. The lowest BCUT2D eigenvalue weighted by atomic mass is 10.1. The Hall–Kier alpha value is -4.29. The van der Waals surface area contributed by atoms with Gasteiger partial charge >= 0.3 is 11.9 Å². The molecule has 1 amide bonds. The molecule has 0 saturated heterocycles. The molecule has 0 unspecified atom stereocenters. The third kappa shape index (κ3) is 8.85. The van der Waals surface area contributed by atoms with Gasteiger partial charge < -0.3 is 9.47 Å². The summed E-state index contributed by atoms with van der Waals surface area (Å²) in [6.07, 6.45) is -1.01. The number of para-hydroxylation sites is 1. The van der Waals surface area contributed by atoms with Crippen LogP contribution in [0.4, 0.5) is 24.5 Å². The van der Waals surface area contributed by atoms with Gasteiger partial charge in [-0.25, -0.2) is 0 Å². The first kappa shape index (κ1) is 33.2. The molecule has 1 aromatic heterocycles. The summed E-state index contributed by atoms with van der Waals surface area (Å²) in [5, 5.41) is 14.8. The van der Waals surface area contributed by atoms with E-state index in [4.69, 9.17) is 32.7 Å². The molecule has 4 rings (SSSR count). The topological polar surface area (TPSA) is 99.7 Å². The summed E-state index contributed by atoms with van der Waals surface area (Å²) in [6.45, 7) is 6.19. The number of benzene rings is 3. The zero-order valence-corrected chi connectivity index (χ0v) is 24.8. The normalized spacial score (nSPS) is 10.9. The van der Waals surface area contributed by atoms with Crippen LogP contribution in [-0.2, 0) is 17.6 Å². The van der Waals surface area contributed by atoms with Crippen molar-refractivity contribution in [3.8, 4) is 17.2 Å². The quantitative estimate of drug-likeness (QED) is 0.104. The van der Waals surface area contributed by atoms with Gasteiger partial charge in [0.25, 0.3) is 0 Å². The van der Waals surface area contributed by atoms with Crippen molar-refractivity contribution < 1.29 is 32.4 Å². The van der Waals surface area contributed by atoms with E-state index < -0.39 is 16.7 Å². The average molecular weight is 639 g/mol. The van der Waals surface area contributed by atoms with Crippen LogP contribution in [0.5, 0.6) is 17.2 Å². The fourth-order valence-electron chi connectivity index (χ4n) is 3.97. The summed E-state index contributed by atoms with van der Waals surface area (Å²) in [5.74, 6) is -0.0565. The minimum atomic E-state index is -4.52. The van der Waals surface area contributed by atoms with E-state index >= 15 is 0 Å². The third-order valence-electron chi connectivity index (χ3n) is 5.89. The summed E-state index contributed by atoms with van der Waals surface area (Å²) < 4.78 is 50.1. The maximum atomic E-state index is 12.6. The summed E-state index contributed by atoms with van der Waals surface area (Å²) in [5.41, 5.74) is 1.85. The fraction of sp³-hybridized carbons (Fsp3) is 0.241. The van der Waals surface area contributed by atoms with Crippen LogP contribution in [0, 0.1) is 24.0 Å². The number of aromatic nitrogens is 2. The van der Waals surface area contributed by atoms with Gasteiger partial charge in [0.2, 0.25) is 11.7 Å². The molecule has 0 aliphatic rings. The number of rotatable bonds is 9. The van der Waals surface area contributed by atoms with Gasteiger partial charge in [-0.05, 0) is 62.2 Å². The van der Waals surface area contributed by atoms with E-state index in [1.165, 1.54) is 18.2 Å². The summed E-state index contributed by atoms with van der Waals surface area (Å²) >= 11 is 11.5. The van der Waals surface area contributed by atoms with E-state index in [1.807, 2.05) is 44.3 Å². The molecule has 0 radical (unpaired) electrons. The lowest BCUT2D eigenvalue weighted by molar-refractivity contribution is -0.385. The highest BCUT2D eigenvalue weighted by atomic mass is 35.5. The smallest absolute Gasteiger partial charge is 0.416 e. The Balaban J connectivity index is 0.000000242. The number of nitrogens with zero attached hydrogens (tertiary/aromatic N) is 4. The first-order valence-electron chi connectivity index (χ1n) is 12.7. The molecule has 9 nitrogen and oxygen atoms in total. The number of carbonyl (C=O) groups excluding carboxylic acids is 1. The Morgan fingerprint density at radius 1 is 1.07 bits per heavy atom. The van der Waals surface area contributed by atoms with Crippen LogP contribution in [0.3, 0.4) is 0 Å². The van der Waals surface area contributed by atoms with E-state index in [0.717, 1.165) is 35.0 Å². The Bertz CT molecular complexity index is 1550. The highest BCUT2D eigenvalue weighted by Gasteiger charge is 2.31. The zero-order valence-electron chi connectivity index (χ0n) is 23.3. The van der Waals surface area contributed by atoms with E-state index in [2.05, 4.69) is 5.10 Å². The standard InChI is InChI=1S/C15H11ClF3NO4.C14H16ClN3O/c1-2-23-14-8-10(4-5-12(14)20(21)22)24-13-6-3-9(7-11(13)16)15(17,18)19;1-11-5-3-6-12(2)14(11)18(13(19)9-15)10-17-8-4-7-16-17/h3-8H,2H2,1H3;3-8H,9-10H2,1-2H3. The van der Waals surface area contributed by atoms with Crippen LogP contribution in [0.1, 0.15) is 23.6 Å². The van der Waals surface area contributed by atoms with Gasteiger partial charge in [-0.3, -0.25) is 24.5 Å². The maximum absolute atomic E-state index is 12.6. The van der Waals surface area contributed by atoms with E-state index in [1.54, 1.807) is 22.7 Å². The summed E-state index contributed by atoms with van der Waals surface area (Å²) in [6, 6.07) is 14.2. The highest BCUT2D eigenvalue weighted by Crippen LogP contribution is 2.38. The Morgan fingerprint density at radius 2 is 1.77 bits per heavy atom. The lowest BCUT2D eigenvalue weighted by Crippen LogP contribution is -2.35. The molecule has 0 saturated carbocycles. The van der Waals surface area contributed by atoms with Gasteiger partial charge in [-0.2, -0.15) is 18.3 Å². The second-order valence-corrected chi connectivity index (χ2v) is 9.62. The van der Waals surface area contributed by atoms with Crippen LogP contribution in [-0.4, -0.2) is 33.1 Å². The zero-order chi connectivity index (χ0) is 31.7. The van der Waals surface area contributed by atoms with Crippen molar-refractivity contribution >= 4 is 40.5 Å². The van der Waals surface area contributed by atoms with Crippen LogP contribution in [0.25, 0.3) is 0 Å². The van der Waals surface area contributed by atoms with Gasteiger partial charge in [0.1, 0.15) is 24.0 Å². The lowest BCUT2D eigenvalue weighted by Gasteiger charge is -2.25. The van der Waals surface area contributed by atoms with Crippen LogP contribution < -0.4 is 14.4 Å². The molecule has 0 aliphatic heterocycles. The molecule has 43 heavy (non-hydrogen) atoms. The van der Waals surface area contributed by atoms with Crippen molar-refractivity contribution in [1.29, 1.82) is 0 Å². The molecule has 4 aromatic rings. The molecule has 0 spiro atoms. The van der Waals surface area contributed by atoms with Crippen molar-refractivity contribution in [3.05, 3.63) is 105 Å². The second kappa shape index (κ2) is 14.7. The molecule has 0 N–H and O–H groups in total. The fourth-order valence-corrected chi connectivity index (χ4v) is 4.34. The largest absolute Gasteiger partial charge is 0.487 e. The highest BCUT2D eigenvalue weighted by molar-refractivity contribution is 6.32. The molecule has 0 fully saturated rings. The first-order chi connectivity index (χ1) is 20.3. The second-order valence-electron chi connectivity index (χ2n) is 8.95. The Morgan fingerprint density at radius 3 is 2.30 bits per heavy atom. The number of hydrogen-bond acceptors (Lipinski definition) is 6. The SMILES string of the molecule is CCOc1cc(Oc2ccc(C(F)(F)F)cc2Cl)ccc1[N+](=O)[O-].Cc1cccc(C)c1N(Cn1cccn1)C(=O)CCl. The number of alkyl halides is 4. The summed E-state index contributed by atoms with van der Waals surface area (Å²) in [7, 11) is 0. The van der Waals surface area contributed by atoms with E-state index in [-0.39, 0.29) is 46.4 Å². The number of hydrogen-bond donors (Lipinski definition) is 0. The number of nitro benzene ring substituents is 1. The van der Waals surface area contributed by atoms with Gasteiger partial charge in [0.05, 0.1) is 27.8 Å². The molecule has 0 atom stereocenters. The molecule has 0 bridgehead atoms. The number of carbonyl (C=O) groups is 1. The maximum Gasteiger partial charge on any atom is 0.416 e. The van der Waals surface area contributed by atoms with Gasteiger partial charge in [-0.15, -0.1) is 11.6 Å². The number of aryl methyl sites for hydroxylation is 2. The molecule has 14 heteroatoms. The number of nitro groups is 1. The van der Waals surface area contributed by atoms with Gasteiger partial charge in [0, 0.05) is 24.5 Å². The molecular formula is C29H27Cl2F3N4O5. The summed E-state index contributed by atoms with van der Waals surface area (Å²) in [4.78, 5) is 24.1. The molecule has 0 aliphatic carbocycles. The predicted octanol–water partition coefficient (Wildman–Crippen LogP) is 8.19. The van der Waals surface area contributed by atoms with Crippen molar-refractivity contribution in [1.82, 2.24) is 9.78 Å². The Labute approximate surface area is 255 Å². The monoisotopic (exact) mass is 638 g/mol. The van der Waals surface area contributed by atoms with Crippen LogP contribution >= 0.6 is 23.2 Å². The third-order valence-corrected chi connectivity index (χ3v) is 6.41. The van der Waals surface area contributed by atoms with Gasteiger partial charge in [0.15, 0.2) is 0 Å².